The van der Waals surface area contributed by atoms with Crippen molar-refractivity contribution < 1.29 is 19.3 Å². The summed E-state index contributed by atoms with van der Waals surface area (Å²) in [5.41, 5.74) is 0.715. The first-order valence-electron chi connectivity index (χ1n) is 6.07. The number of nitrogens with one attached hydrogen (secondary N) is 1. The minimum absolute atomic E-state index is 0. The Morgan fingerprint density at radius 1 is 0.950 bits per heavy atom. The van der Waals surface area contributed by atoms with E-state index in [1.807, 2.05) is 30.3 Å². The summed E-state index contributed by atoms with van der Waals surface area (Å²) < 4.78 is 32.5. The van der Waals surface area contributed by atoms with E-state index in [-0.39, 0.29) is 7.30 Å². The van der Waals surface area contributed by atoms with Crippen molar-refractivity contribution in [3.8, 4) is 11.5 Å². The number of hydrogen-bond donors (Lipinski definition) is 1. The van der Waals surface area contributed by atoms with E-state index in [1.54, 1.807) is 18.2 Å². The van der Waals surface area contributed by atoms with Crippen molar-refractivity contribution in [2.45, 2.75) is 4.90 Å². The van der Waals surface area contributed by atoms with Crippen molar-refractivity contribution in [2.75, 3.05) is 18.0 Å². The van der Waals surface area contributed by atoms with E-state index in [4.69, 9.17) is 9.47 Å². The van der Waals surface area contributed by atoms with Crippen LogP contribution in [0.1, 0.15) is 1.43 Å². The predicted octanol–water partition coefficient (Wildman–Crippen LogP) is 2.50. The summed E-state index contributed by atoms with van der Waals surface area (Å²) in [5.74, 6) is 1.72. The molecule has 2 aromatic rings. The number of sulfone groups is 1. The second-order valence-corrected chi connectivity index (χ2v) is 6.24. The fourth-order valence-corrected chi connectivity index (χ4v) is 3.24. The molecule has 0 radical (unpaired) electrons. The quantitative estimate of drug-likeness (QED) is 0.808. The summed E-state index contributed by atoms with van der Waals surface area (Å²) >= 11 is 0. The van der Waals surface area contributed by atoms with Crippen LogP contribution >= 0.6 is 0 Å². The lowest BCUT2D eigenvalue weighted by molar-refractivity contribution is 0.174. The molecule has 0 spiro atoms. The molecule has 106 valence electrons. The monoisotopic (exact) mass is 293 g/mol. The Morgan fingerprint density at radius 3 is 2.20 bits per heavy atom. The van der Waals surface area contributed by atoms with Gasteiger partial charge >= 0.3 is 0 Å². The van der Waals surface area contributed by atoms with E-state index < -0.39 is 9.84 Å². The van der Waals surface area contributed by atoms with Gasteiger partial charge in [-0.25, -0.2) is 8.42 Å². The van der Waals surface area contributed by atoms with E-state index in [2.05, 4.69) is 5.32 Å². The zero-order valence-electron chi connectivity index (χ0n) is 10.6. The van der Waals surface area contributed by atoms with Crippen LogP contribution in [-0.4, -0.2) is 21.1 Å². The van der Waals surface area contributed by atoms with Crippen molar-refractivity contribution >= 4 is 15.5 Å². The van der Waals surface area contributed by atoms with Crippen LogP contribution < -0.4 is 14.8 Å². The Morgan fingerprint density at radius 2 is 1.55 bits per heavy atom. The summed E-state index contributed by atoms with van der Waals surface area (Å²) in [6.45, 7) is 0.360. The van der Waals surface area contributed by atoms with Crippen molar-refractivity contribution in [2.24, 2.45) is 0 Å². The molecule has 2 aromatic carbocycles. The van der Waals surface area contributed by atoms with Gasteiger partial charge in [0, 0.05) is 1.43 Å². The Labute approximate surface area is 118 Å². The minimum Gasteiger partial charge on any atom is -0.454 e. The van der Waals surface area contributed by atoms with Gasteiger partial charge < -0.3 is 14.8 Å². The maximum Gasteiger partial charge on any atom is 0.231 e. The molecule has 0 atom stereocenters. The van der Waals surface area contributed by atoms with Crippen LogP contribution in [0.15, 0.2) is 53.4 Å². The molecule has 0 aliphatic carbocycles. The maximum atomic E-state index is 11.2. The molecule has 0 saturated carbocycles. The van der Waals surface area contributed by atoms with Gasteiger partial charge in [0.2, 0.25) is 6.79 Å². The fourth-order valence-electron chi connectivity index (χ4n) is 1.98. The van der Waals surface area contributed by atoms with Crippen LogP contribution in [-0.2, 0) is 9.84 Å². The summed E-state index contributed by atoms with van der Waals surface area (Å²) in [4.78, 5) is 0.417. The first kappa shape index (κ1) is 12.8. The number of fused-ring (bicyclic) bond motifs is 2. The van der Waals surface area contributed by atoms with Crippen LogP contribution in [0.5, 0.6) is 11.5 Å². The van der Waals surface area contributed by atoms with Crippen molar-refractivity contribution in [3.05, 3.63) is 48.5 Å². The van der Waals surface area contributed by atoms with E-state index >= 15 is 0 Å². The highest BCUT2D eigenvalue weighted by atomic mass is 32.2. The molecule has 20 heavy (non-hydrogen) atoms. The molecule has 6 heteroatoms. The van der Waals surface area contributed by atoms with Gasteiger partial charge in [-0.15, -0.1) is 0 Å². The van der Waals surface area contributed by atoms with Crippen LogP contribution in [0.25, 0.3) is 0 Å². The fraction of sp³-hybridized carbons (Fsp3) is 0.143. The molecule has 0 bridgehead atoms. The first-order valence-corrected chi connectivity index (χ1v) is 7.72. The third-order valence-electron chi connectivity index (χ3n) is 2.95. The molecule has 1 N–H and O–H groups in total. The van der Waals surface area contributed by atoms with Crippen molar-refractivity contribution in [1.29, 1.82) is 0 Å². The summed E-state index contributed by atoms with van der Waals surface area (Å²) in [5, 5.41) is 2.80. The molecule has 0 amide bonds. The maximum absolute atomic E-state index is 11.2. The van der Waals surface area contributed by atoms with E-state index in [9.17, 15) is 8.42 Å². The van der Waals surface area contributed by atoms with Crippen LogP contribution in [0.4, 0.5) is 5.69 Å². The van der Waals surface area contributed by atoms with Crippen LogP contribution in [0.2, 0.25) is 0 Å². The van der Waals surface area contributed by atoms with Gasteiger partial charge in [-0.05, 0) is 24.3 Å². The molecular weight excluding hydrogens is 278 g/mol. The highest BCUT2D eigenvalue weighted by Gasteiger charge is 2.24. The Kier molecular flexibility index (Phi) is 3.23. The Hall–Kier alpha value is -2.21. The van der Waals surface area contributed by atoms with Gasteiger partial charge in [-0.3, -0.25) is 0 Å². The van der Waals surface area contributed by atoms with Gasteiger partial charge in [0.05, 0.1) is 10.6 Å². The molecule has 0 saturated heterocycles. The Bertz CT molecular complexity index is 710. The summed E-state index contributed by atoms with van der Waals surface area (Å²) in [6.07, 6.45) is 0. The molecule has 2 heterocycles. The molecule has 0 fully saturated rings. The number of para-hydroxylation sites is 3. The number of rotatable bonds is 0. The lowest BCUT2D eigenvalue weighted by Crippen LogP contribution is -2.02. The van der Waals surface area contributed by atoms with Gasteiger partial charge in [-0.2, -0.15) is 0 Å². The van der Waals surface area contributed by atoms with E-state index in [0.29, 0.717) is 17.4 Å². The van der Waals surface area contributed by atoms with E-state index in [0.717, 1.165) is 11.5 Å². The zero-order valence-corrected chi connectivity index (χ0v) is 11.4. The molecule has 2 aliphatic heterocycles. The number of ether oxygens (including phenoxy) is 2. The number of hydrogen-bond acceptors (Lipinski definition) is 5. The zero-order chi connectivity index (χ0) is 14.0. The van der Waals surface area contributed by atoms with Crippen molar-refractivity contribution in [1.82, 2.24) is 0 Å². The van der Waals surface area contributed by atoms with E-state index in [1.165, 1.54) is 0 Å². The smallest absolute Gasteiger partial charge is 0.231 e. The Balaban J connectivity index is 0.000000149. The predicted molar refractivity (Wildman–Crippen MR) is 76.8 cm³/mol. The second-order valence-electron chi connectivity index (χ2n) is 4.29. The van der Waals surface area contributed by atoms with Crippen LogP contribution in [0.3, 0.4) is 0 Å². The minimum atomic E-state index is -3.02. The summed E-state index contributed by atoms with van der Waals surface area (Å²) in [7, 11) is -3.02. The molecule has 2 aliphatic rings. The van der Waals surface area contributed by atoms with Crippen LogP contribution in [0, 0.1) is 0 Å². The standard InChI is InChI=1S/C7H7NO2S.C7H6O2.H2/c9-11(10)5-8-6-3-1-2-4-7(6)11;1-2-4-7-6(3-1)8-5-9-7;/h1-4,8H,5H2;1-4H,5H2;1H. The molecule has 5 nitrogen and oxygen atoms in total. The SMILES string of the molecule is O=S1(=O)CNc2ccccc21.[HH].c1ccc2c(c1)OCO2. The molecular formula is C14H15NO4S. The lowest BCUT2D eigenvalue weighted by Gasteiger charge is -1.92. The molecule has 0 unspecified atom stereocenters. The lowest BCUT2D eigenvalue weighted by atomic mass is 10.3. The third kappa shape index (κ3) is 2.42. The van der Waals surface area contributed by atoms with Gasteiger partial charge in [-0.1, -0.05) is 24.3 Å². The highest BCUT2D eigenvalue weighted by Crippen LogP contribution is 2.30. The van der Waals surface area contributed by atoms with Crippen molar-refractivity contribution in [3.63, 3.8) is 0 Å². The number of anilines is 1. The molecule has 4 rings (SSSR count). The largest absolute Gasteiger partial charge is 0.454 e. The highest BCUT2D eigenvalue weighted by molar-refractivity contribution is 7.92. The van der Waals surface area contributed by atoms with Gasteiger partial charge in [0.15, 0.2) is 21.3 Å². The third-order valence-corrected chi connectivity index (χ3v) is 4.50. The second kappa shape index (κ2) is 5.05. The molecule has 0 aromatic heterocycles. The average molecular weight is 293 g/mol. The number of benzene rings is 2. The average Bonchev–Trinajstić information content (AvgIpc) is 3.05. The van der Waals surface area contributed by atoms with Gasteiger partial charge in [0.1, 0.15) is 5.88 Å². The first-order chi connectivity index (χ1) is 9.67. The van der Waals surface area contributed by atoms with Gasteiger partial charge in [0.25, 0.3) is 0 Å². The summed E-state index contributed by atoms with van der Waals surface area (Å²) in [6, 6.07) is 14.5. The topological polar surface area (TPSA) is 64.6 Å². The normalized spacial score (nSPS) is 16.6.